The molecule has 2 heterocycles. The van der Waals surface area contributed by atoms with Crippen LogP contribution in [0.3, 0.4) is 0 Å². The lowest BCUT2D eigenvalue weighted by atomic mass is 10.0. The third kappa shape index (κ3) is 8.71. The number of aryl methyl sites for hydroxylation is 2. The number of aromatic nitrogens is 1. The van der Waals surface area contributed by atoms with Gasteiger partial charge >= 0.3 is 0 Å². The summed E-state index contributed by atoms with van der Waals surface area (Å²) in [7, 11) is -1.91. The summed E-state index contributed by atoms with van der Waals surface area (Å²) < 4.78 is 46.8. The van der Waals surface area contributed by atoms with Crippen LogP contribution in [-0.2, 0) is 14.8 Å². The zero-order valence-electron chi connectivity index (χ0n) is 26.3. The quantitative estimate of drug-likeness (QED) is 0.422. The molecule has 0 saturated heterocycles. The first kappa shape index (κ1) is 33.2. The molecule has 240 valence electrons. The molecule has 43 heavy (non-hydrogen) atoms. The number of fused-ring (bicyclic) bond motifs is 1. The van der Waals surface area contributed by atoms with Crippen molar-refractivity contribution in [1.29, 1.82) is 0 Å². The van der Waals surface area contributed by atoms with Crippen molar-refractivity contribution >= 4 is 21.6 Å². The summed E-state index contributed by atoms with van der Waals surface area (Å²) in [6, 6.07) is 4.23. The second kappa shape index (κ2) is 14.4. The summed E-state index contributed by atoms with van der Waals surface area (Å²) in [6.45, 7) is 11.5. The van der Waals surface area contributed by atoms with Gasteiger partial charge in [0.25, 0.3) is 15.9 Å². The number of carbonyl (C=O) groups excluding carboxylic acids is 1. The van der Waals surface area contributed by atoms with E-state index >= 15 is 0 Å². The van der Waals surface area contributed by atoms with Crippen molar-refractivity contribution in [2.75, 3.05) is 44.6 Å². The van der Waals surface area contributed by atoms with E-state index in [1.54, 1.807) is 30.9 Å². The van der Waals surface area contributed by atoms with Crippen LogP contribution in [0.4, 0.5) is 5.69 Å². The summed E-state index contributed by atoms with van der Waals surface area (Å²) in [4.78, 5) is 18.2. The molecule has 1 aromatic carbocycles. The van der Waals surface area contributed by atoms with Crippen molar-refractivity contribution in [1.82, 2.24) is 15.0 Å². The van der Waals surface area contributed by atoms with Crippen molar-refractivity contribution in [3.8, 4) is 5.75 Å². The van der Waals surface area contributed by atoms with Gasteiger partial charge in [-0.05, 0) is 91.0 Å². The zero-order chi connectivity index (χ0) is 31.3. The molecule has 2 aliphatic rings. The summed E-state index contributed by atoms with van der Waals surface area (Å²) >= 11 is 0. The number of nitrogens with zero attached hydrogens (tertiary/aromatic N) is 3. The van der Waals surface area contributed by atoms with Crippen molar-refractivity contribution in [2.24, 2.45) is 11.8 Å². The number of sulfonamides is 1. The molecule has 1 amide bonds. The predicted molar refractivity (Wildman–Crippen MR) is 164 cm³/mol. The highest BCUT2D eigenvalue weighted by atomic mass is 32.2. The number of rotatable bonds is 9. The molecule has 11 nitrogen and oxygen atoms in total. The molecule has 2 N–H and O–H groups in total. The lowest BCUT2D eigenvalue weighted by Crippen LogP contribution is -2.47. The van der Waals surface area contributed by atoms with Gasteiger partial charge in [0, 0.05) is 37.8 Å². The van der Waals surface area contributed by atoms with E-state index in [9.17, 15) is 18.3 Å². The number of benzene rings is 1. The van der Waals surface area contributed by atoms with Crippen LogP contribution < -0.4 is 9.46 Å². The van der Waals surface area contributed by atoms with Crippen LogP contribution in [0.15, 0.2) is 27.6 Å². The first-order chi connectivity index (χ1) is 20.4. The highest BCUT2D eigenvalue weighted by Crippen LogP contribution is 2.31. The number of carbonyl (C=O) groups is 1. The summed E-state index contributed by atoms with van der Waals surface area (Å²) in [5.74, 6) is 0.930. The third-order valence-corrected chi connectivity index (χ3v) is 9.92. The van der Waals surface area contributed by atoms with Crippen molar-refractivity contribution in [2.45, 2.75) is 89.9 Å². The molecular formula is C31H48N4O7S. The zero-order valence-corrected chi connectivity index (χ0v) is 27.2. The van der Waals surface area contributed by atoms with Gasteiger partial charge < -0.3 is 28.9 Å². The number of ether oxygens (including phenoxy) is 2. The van der Waals surface area contributed by atoms with E-state index in [1.165, 1.54) is 25.8 Å². The Morgan fingerprint density at radius 1 is 1.16 bits per heavy atom. The van der Waals surface area contributed by atoms with Crippen molar-refractivity contribution in [3.63, 3.8) is 0 Å². The molecule has 1 aromatic heterocycles. The number of amides is 1. The van der Waals surface area contributed by atoms with Crippen molar-refractivity contribution < 1.29 is 32.3 Å². The molecule has 1 fully saturated rings. The molecule has 1 saturated carbocycles. The van der Waals surface area contributed by atoms with E-state index < -0.39 is 16.1 Å². The van der Waals surface area contributed by atoms with Gasteiger partial charge in [-0.25, -0.2) is 8.42 Å². The fourth-order valence-electron chi connectivity index (χ4n) is 5.64. The molecule has 4 rings (SSSR count). The number of hydrogen-bond donors (Lipinski definition) is 2. The molecule has 0 radical (unpaired) electrons. The van der Waals surface area contributed by atoms with Crippen LogP contribution in [0, 0.1) is 25.7 Å². The third-order valence-electron chi connectivity index (χ3n) is 8.30. The molecule has 4 atom stereocenters. The summed E-state index contributed by atoms with van der Waals surface area (Å²) in [6.07, 6.45) is 4.86. The van der Waals surface area contributed by atoms with Gasteiger partial charge in [0.2, 0.25) is 0 Å². The van der Waals surface area contributed by atoms with E-state index in [0.717, 1.165) is 38.3 Å². The maximum absolute atomic E-state index is 14.3. The monoisotopic (exact) mass is 620 g/mol. The molecular weight excluding hydrogens is 572 g/mol. The van der Waals surface area contributed by atoms with E-state index in [-0.39, 0.29) is 58.2 Å². The largest absolute Gasteiger partial charge is 0.490 e. The molecule has 0 bridgehead atoms. The Labute approximate surface area is 255 Å². The molecule has 0 spiro atoms. The summed E-state index contributed by atoms with van der Waals surface area (Å²) in [5.41, 5.74) is 0.670. The Morgan fingerprint density at radius 3 is 2.56 bits per heavy atom. The van der Waals surface area contributed by atoms with Crippen LogP contribution in [0.25, 0.3) is 0 Å². The van der Waals surface area contributed by atoms with Gasteiger partial charge in [0.1, 0.15) is 11.4 Å². The number of anilines is 1. The Kier molecular flexibility index (Phi) is 11.1. The number of nitrogens with one attached hydrogen (secondary N) is 1. The van der Waals surface area contributed by atoms with Gasteiger partial charge in [0.05, 0.1) is 30.4 Å². The SMILES string of the molecule is Cc1noc(C)c1S(=O)(=O)Nc1ccc2c(c1)C(=O)N([C@H](C)CO)C[C@H](C)[C@H](CN(C)CC1CC1)OCCCC[C@@H](C)O2. The standard InChI is InChI=1S/C31H48N4O7S/c1-20-16-35(21(2)19-36)31(37)27-15-26(33-43(38,39)30-23(4)32-42-24(30)5)12-13-28(27)41-22(3)9-7-8-14-40-29(20)18-34(6)17-25-10-11-25/h12-13,15,20-22,25,29,33,36H,7-11,14,16-19H2,1-6H3/t20-,21+,22+,29-/m0/s1. The topological polar surface area (TPSA) is 134 Å². The first-order valence-corrected chi connectivity index (χ1v) is 16.9. The smallest absolute Gasteiger partial charge is 0.267 e. The number of aliphatic hydroxyl groups is 1. The maximum Gasteiger partial charge on any atom is 0.267 e. The Bertz CT molecular complexity index is 1320. The van der Waals surface area contributed by atoms with Crippen LogP contribution >= 0.6 is 0 Å². The average Bonchev–Trinajstić information content (AvgIpc) is 3.69. The van der Waals surface area contributed by atoms with Crippen LogP contribution in [0.2, 0.25) is 0 Å². The molecule has 0 unspecified atom stereocenters. The number of likely N-dealkylation sites (N-methyl/N-ethyl adjacent to an activating group) is 1. The van der Waals surface area contributed by atoms with Crippen LogP contribution in [0.1, 0.15) is 74.7 Å². The first-order valence-electron chi connectivity index (χ1n) is 15.4. The van der Waals surface area contributed by atoms with Gasteiger partial charge in [-0.15, -0.1) is 0 Å². The van der Waals surface area contributed by atoms with Gasteiger partial charge in [-0.1, -0.05) is 12.1 Å². The number of aliphatic hydroxyl groups excluding tert-OH is 1. The Morgan fingerprint density at radius 2 is 1.91 bits per heavy atom. The van der Waals surface area contributed by atoms with E-state index in [1.807, 2.05) is 6.92 Å². The highest BCUT2D eigenvalue weighted by Gasteiger charge is 2.32. The molecule has 1 aliphatic heterocycles. The number of hydrogen-bond acceptors (Lipinski definition) is 9. The van der Waals surface area contributed by atoms with E-state index in [4.69, 9.17) is 14.0 Å². The molecule has 2 aromatic rings. The minimum Gasteiger partial charge on any atom is -0.490 e. The lowest BCUT2D eigenvalue weighted by Gasteiger charge is -2.36. The Hall–Kier alpha value is -2.67. The van der Waals surface area contributed by atoms with E-state index in [2.05, 4.69) is 28.8 Å². The minimum absolute atomic E-state index is 0.0212. The van der Waals surface area contributed by atoms with E-state index in [0.29, 0.717) is 18.9 Å². The second-order valence-electron chi connectivity index (χ2n) is 12.4. The van der Waals surface area contributed by atoms with Crippen LogP contribution in [-0.4, -0.2) is 92.5 Å². The maximum atomic E-state index is 14.3. The Balaban J connectivity index is 1.67. The average molecular weight is 621 g/mol. The fourth-order valence-corrected chi connectivity index (χ4v) is 7.02. The van der Waals surface area contributed by atoms with Gasteiger partial charge in [0.15, 0.2) is 10.7 Å². The highest BCUT2D eigenvalue weighted by molar-refractivity contribution is 7.92. The van der Waals surface area contributed by atoms with Crippen molar-refractivity contribution in [3.05, 3.63) is 35.2 Å². The minimum atomic E-state index is -4.03. The molecule has 1 aliphatic carbocycles. The summed E-state index contributed by atoms with van der Waals surface area (Å²) in [5, 5.41) is 13.9. The normalized spacial score (nSPS) is 23.4. The van der Waals surface area contributed by atoms with Gasteiger partial charge in [-0.2, -0.15) is 0 Å². The van der Waals surface area contributed by atoms with Gasteiger partial charge in [-0.3, -0.25) is 9.52 Å². The lowest BCUT2D eigenvalue weighted by molar-refractivity contribution is -0.0172. The predicted octanol–water partition coefficient (Wildman–Crippen LogP) is 4.23. The van der Waals surface area contributed by atoms with Crippen LogP contribution in [0.5, 0.6) is 5.75 Å². The second-order valence-corrected chi connectivity index (χ2v) is 14.1. The molecule has 12 heteroatoms. The fraction of sp³-hybridized carbons (Fsp3) is 0.677.